The Labute approximate surface area is 71.4 Å². The van der Waals surface area contributed by atoms with Gasteiger partial charge in [-0.15, -0.1) is 0 Å². The van der Waals surface area contributed by atoms with Crippen molar-refractivity contribution in [3.8, 4) is 0 Å². The molecule has 2 aliphatic rings. The maximum Gasteiger partial charge on any atom is 0.164 e. The molecular weight excluding hydrogens is 160 g/mol. The van der Waals surface area contributed by atoms with E-state index in [-0.39, 0.29) is 12.2 Å². The molecule has 0 aliphatic carbocycles. The molecule has 2 heterocycles. The van der Waals surface area contributed by atoms with Crippen molar-refractivity contribution in [1.82, 2.24) is 0 Å². The molecular formula is C8H14O4. The molecule has 12 heavy (non-hydrogen) atoms. The normalized spacial score (nSPS) is 45.8. The van der Waals surface area contributed by atoms with Crippen molar-refractivity contribution in [2.24, 2.45) is 0 Å². The first-order valence-corrected chi connectivity index (χ1v) is 4.20. The van der Waals surface area contributed by atoms with Crippen LogP contribution >= 0.6 is 0 Å². The smallest absolute Gasteiger partial charge is 0.164 e. The minimum atomic E-state index is -0.579. The van der Waals surface area contributed by atoms with Gasteiger partial charge in [-0.05, 0) is 13.8 Å². The third-order valence-electron chi connectivity index (χ3n) is 2.17. The zero-order valence-electron chi connectivity index (χ0n) is 7.32. The Bertz CT molecular complexity index is 180. The zero-order chi connectivity index (χ0) is 8.77. The third kappa shape index (κ3) is 1.35. The molecule has 0 saturated carbocycles. The SMILES string of the molecule is CC1(C)O[C@H]2[C@H](COC[C@@H]2O)O1. The summed E-state index contributed by atoms with van der Waals surface area (Å²) in [7, 11) is 0. The van der Waals surface area contributed by atoms with Crippen LogP contribution in [0.25, 0.3) is 0 Å². The van der Waals surface area contributed by atoms with Gasteiger partial charge < -0.3 is 19.3 Å². The van der Waals surface area contributed by atoms with Gasteiger partial charge in [-0.3, -0.25) is 0 Å². The lowest BCUT2D eigenvalue weighted by molar-refractivity contribution is -0.152. The molecule has 2 fully saturated rings. The molecule has 70 valence electrons. The van der Waals surface area contributed by atoms with Gasteiger partial charge in [-0.2, -0.15) is 0 Å². The Balaban J connectivity index is 2.09. The summed E-state index contributed by atoms with van der Waals surface area (Å²) in [5, 5.41) is 9.48. The average molecular weight is 174 g/mol. The Morgan fingerprint density at radius 1 is 1.25 bits per heavy atom. The molecule has 0 aromatic heterocycles. The molecule has 0 unspecified atom stereocenters. The van der Waals surface area contributed by atoms with Crippen LogP contribution in [-0.2, 0) is 14.2 Å². The lowest BCUT2D eigenvalue weighted by atomic mass is 10.1. The summed E-state index contributed by atoms with van der Waals surface area (Å²) in [6.07, 6.45) is -0.872. The molecule has 3 atom stereocenters. The fraction of sp³-hybridized carbons (Fsp3) is 1.00. The number of aliphatic hydroxyl groups is 1. The van der Waals surface area contributed by atoms with E-state index in [1.807, 2.05) is 13.8 Å². The van der Waals surface area contributed by atoms with Crippen LogP contribution in [0.5, 0.6) is 0 Å². The molecule has 4 nitrogen and oxygen atoms in total. The summed E-state index contributed by atoms with van der Waals surface area (Å²) in [5.41, 5.74) is 0. The van der Waals surface area contributed by atoms with Crippen LogP contribution in [0.3, 0.4) is 0 Å². The van der Waals surface area contributed by atoms with E-state index in [4.69, 9.17) is 14.2 Å². The predicted molar refractivity (Wildman–Crippen MR) is 40.7 cm³/mol. The van der Waals surface area contributed by atoms with Crippen molar-refractivity contribution in [1.29, 1.82) is 0 Å². The maximum atomic E-state index is 9.48. The summed E-state index contributed by atoms with van der Waals surface area (Å²) in [4.78, 5) is 0. The van der Waals surface area contributed by atoms with Crippen LogP contribution in [0, 0.1) is 0 Å². The minimum Gasteiger partial charge on any atom is -0.388 e. The van der Waals surface area contributed by atoms with Crippen molar-refractivity contribution < 1.29 is 19.3 Å². The van der Waals surface area contributed by atoms with Crippen LogP contribution in [0.4, 0.5) is 0 Å². The number of fused-ring (bicyclic) bond motifs is 1. The van der Waals surface area contributed by atoms with Gasteiger partial charge in [0.25, 0.3) is 0 Å². The van der Waals surface area contributed by atoms with Crippen molar-refractivity contribution in [2.45, 2.75) is 37.9 Å². The van der Waals surface area contributed by atoms with Crippen LogP contribution in [-0.4, -0.2) is 42.4 Å². The molecule has 0 spiro atoms. The highest BCUT2D eigenvalue weighted by atomic mass is 16.8. The monoisotopic (exact) mass is 174 g/mol. The highest BCUT2D eigenvalue weighted by molar-refractivity contribution is 4.89. The van der Waals surface area contributed by atoms with Crippen LogP contribution in [0.1, 0.15) is 13.8 Å². The number of hydrogen-bond donors (Lipinski definition) is 1. The summed E-state index contributed by atoms with van der Waals surface area (Å²) in [5.74, 6) is -0.579. The number of rotatable bonds is 0. The Morgan fingerprint density at radius 2 is 2.00 bits per heavy atom. The molecule has 2 rings (SSSR count). The topological polar surface area (TPSA) is 47.9 Å². The second kappa shape index (κ2) is 2.67. The summed E-state index contributed by atoms with van der Waals surface area (Å²) >= 11 is 0. The van der Waals surface area contributed by atoms with Crippen LogP contribution < -0.4 is 0 Å². The number of hydrogen-bond acceptors (Lipinski definition) is 4. The van der Waals surface area contributed by atoms with Crippen molar-refractivity contribution >= 4 is 0 Å². The Morgan fingerprint density at radius 3 is 2.67 bits per heavy atom. The van der Waals surface area contributed by atoms with Gasteiger partial charge >= 0.3 is 0 Å². The van der Waals surface area contributed by atoms with Gasteiger partial charge in [-0.1, -0.05) is 0 Å². The standard InChI is InChI=1S/C8H14O4/c1-8(2)11-6-4-10-3-5(9)7(6)12-8/h5-7,9H,3-4H2,1-2H3/t5-,6-,7+/m0/s1. The largest absolute Gasteiger partial charge is 0.388 e. The highest BCUT2D eigenvalue weighted by Gasteiger charge is 2.46. The second-order valence-electron chi connectivity index (χ2n) is 3.74. The van der Waals surface area contributed by atoms with E-state index in [0.717, 1.165) is 0 Å². The van der Waals surface area contributed by atoms with Crippen LogP contribution in [0.15, 0.2) is 0 Å². The average Bonchev–Trinajstić information content (AvgIpc) is 2.25. The lowest BCUT2D eigenvalue weighted by Crippen LogP contribution is -2.45. The van der Waals surface area contributed by atoms with E-state index in [0.29, 0.717) is 13.2 Å². The van der Waals surface area contributed by atoms with Crippen molar-refractivity contribution in [3.63, 3.8) is 0 Å². The first-order chi connectivity index (χ1) is 5.58. The van der Waals surface area contributed by atoms with Gasteiger partial charge in [0.1, 0.15) is 18.3 Å². The Hall–Kier alpha value is -0.160. The Kier molecular flexibility index (Phi) is 1.88. The third-order valence-corrected chi connectivity index (χ3v) is 2.17. The minimum absolute atomic E-state index is 0.108. The molecule has 0 aromatic rings. The van der Waals surface area contributed by atoms with Crippen LogP contribution in [0.2, 0.25) is 0 Å². The van der Waals surface area contributed by atoms with Crippen molar-refractivity contribution in [3.05, 3.63) is 0 Å². The van der Waals surface area contributed by atoms with Crippen molar-refractivity contribution in [2.75, 3.05) is 13.2 Å². The summed E-state index contributed by atoms with van der Waals surface area (Å²) in [6.45, 7) is 4.56. The van der Waals surface area contributed by atoms with E-state index in [1.54, 1.807) is 0 Å². The van der Waals surface area contributed by atoms with Gasteiger partial charge in [0.15, 0.2) is 5.79 Å². The first kappa shape index (κ1) is 8.44. The predicted octanol–water partition coefficient (Wildman–Crippen LogP) is -0.102. The molecule has 2 saturated heterocycles. The van der Waals surface area contributed by atoms with E-state index in [1.165, 1.54) is 0 Å². The lowest BCUT2D eigenvalue weighted by Gasteiger charge is -2.27. The maximum absolute atomic E-state index is 9.48. The fourth-order valence-electron chi connectivity index (χ4n) is 1.72. The first-order valence-electron chi connectivity index (χ1n) is 4.20. The summed E-state index contributed by atoms with van der Waals surface area (Å²) in [6, 6.07) is 0. The van der Waals surface area contributed by atoms with E-state index in [9.17, 15) is 5.11 Å². The zero-order valence-corrected chi connectivity index (χ0v) is 7.32. The fourth-order valence-corrected chi connectivity index (χ4v) is 1.72. The molecule has 0 amide bonds. The number of ether oxygens (including phenoxy) is 3. The van der Waals surface area contributed by atoms with Gasteiger partial charge in [-0.25, -0.2) is 0 Å². The molecule has 0 radical (unpaired) electrons. The summed E-state index contributed by atoms with van der Waals surface area (Å²) < 4.78 is 16.2. The molecule has 0 bridgehead atoms. The van der Waals surface area contributed by atoms with Gasteiger partial charge in [0.05, 0.1) is 13.2 Å². The molecule has 0 aromatic carbocycles. The molecule has 1 N–H and O–H groups in total. The van der Waals surface area contributed by atoms with Gasteiger partial charge in [0, 0.05) is 0 Å². The molecule has 4 heteroatoms. The van der Waals surface area contributed by atoms with E-state index in [2.05, 4.69) is 0 Å². The second-order valence-corrected chi connectivity index (χ2v) is 3.74. The van der Waals surface area contributed by atoms with Gasteiger partial charge in [0.2, 0.25) is 0 Å². The quantitative estimate of drug-likeness (QED) is 0.557. The number of aliphatic hydroxyl groups excluding tert-OH is 1. The highest BCUT2D eigenvalue weighted by Crippen LogP contribution is 2.32. The molecule has 2 aliphatic heterocycles. The van der Waals surface area contributed by atoms with E-state index >= 15 is 0 Å². The van der Waals surface area contributed by atoms with E-state index < -0.39 is 11.9 Å².